The first-order chi connectivity index (χ1) is 23.8. The van der Waals surface area contributed by atoms with Gasteiger partial charge in [-0.15, -0.1) is 0 Å². The quantitative estimate of drug-likeness (QED) is 0.176. The molecule has 0 bridgehead atoms. The molecule has 0 N–H and O–H groups in total. The molecule has 0 heterocycles. The van der Waals surface area contributed by atoms with E-state index < -0.39 is 0 Å². The molecule has 0 saturated carbocycles. The minimum Gasteiger partial charge on any atom is -0.0616 e. The Kier molecular flexibility index (Phi) is 5.98. The molecule has 10 rings (SSSR count). The Bertz CT molecular complexity index is 2870. The Labute approximate surface area is 279 Å². The van der Waals surface area contributed by atoms with Gasteiger partial charge in [-0.3, -0.25) is 0 Å². The summed E-state index contributed by atoms with van der Waals surface area (Å²) >= 11 is 0. The lowest BCUT2D eigenvalue weighted by Gasteiger charge is -2.17. The zero-order valence-corrected chi connectivity index (χ0v) is 26.3. The molecule has 0 saturated heterocycles. The second-order valence-corrected chi connectivity index (χ2v) is 12.9. The van der Waals surface area contributed by atoms with E-state index in [1.165, 1.54) is 98.0 Å². The maximum absolute atomic E-state index is 2.41. The molecule has 0 atom stereocenters. The molecule has 0 nitrogen and oxygen atoms in total. The fourth-order valence-electron chi connectivity index (χ4n) is 7.77. The molecule has 10 aromatic rings. The van der Waals surface area contributed by atoms with Gasteiger partial charge in [0, 0.05) is 0 Å². The molecule has 0 aliphatic rings. The van der Waals surface area contributed by atoms with Crippen LogP contribution in [-0.4, -0.2) is 0 Å². The van der Waals surface area contributed by atoms with Crippen molar-refractivity contribution < 1.29 is 0 Å². The summed E-state index contributed by atoms with van der Waals surface area (Å²) in [7, 11) is 0. The van der Waals surface area contributed by atoms with Gasteiger partial charge in [-0.05, 0) is 134 Å². The molecular formula is C48H30. The molecule has 0 spiro atoms. The molecule has 48 heavy (non-hydrogen) atoms. The minimum absolute atomic E-state index is 1.23. The van der Waals surface area contributed by atoms with E-state index in [0.29, 0.717) is 0 Å². The van der Waals surface area contributed by atoms with Crippen LogP contribution in [0.2, 0.25) is 0 Å². The third-order valence-electron chi connectivity index (χ3n) is 10.2. The standard InChI is InChI=1S/C48H30/c1-2-11-33-25-34(18-17-31(33)9-1)35-19-20-37-27-38(22-21-36(37)26-35)41-28-39-12-4-6-14-42(39)46(30-41)47-29-40-13-5-8-16-44(40)48-43-15-7-3-10-32(43)23-24-45(47)48/h1-30H. The van der Waals surface area contributed by atoms with Crippen molar-refractivity contribution in [2.45, 2.75) is 0 Å². The Morgan fingerprint density at radius 3 is 1.31 bits per heavy atom. The second kappa shape index (κ2) is 10.7. The summed E-state index contributed by atoms with van der Waals surface area (Å²) in [5.74, 6) is 0. The van der Waals surface area contributed by atoms with Crippen LogP contribution < -0.4 is 0 Å². The lowest BCUT2D eigenvalue weighted by atomic mass is 9.87. The maximum atomic E-state index is 2.41. The normalized spacial score (nSPS) is 11.8. The lowest BCUT2D eigenvalue weighted by molar-refractivity contribution is 1.65. The van der Waals surface area contributed by atoms with Crippen LogP contribution >= 0.6 is 0 Å². The van der Waals surface area contributed by atoms with Gasteiger partial charge in [0.05, 0.1) is 0 Å². The molecule has 0 aromatic heterocycles. The lowest BCUT2D eigenvalue weighted by Crippen LogP contribution is -1.90. The summed E-state index contributed by atoms with van der Waals surface area (Å²) in [6, 6.07) is 67.2. The SMILES string of the molecule is c1ccc2cc(-c3ccc4cc(-c5cc(-c6cc7ccccc7c7c6ccc6ccccc67)c6ccccc6c5)ccc4c3)ccc2c1. The first kappa shape index (κ1) is 26.9. The van der Waals surface area contributed by atoms with Gasteiger partial charge in [0.15, 0.2) is 0 Å². The van der Waals surface area contributed by atoms with Crippen LogP contribution in [0.3, 0.4) is 0 Å². The fraction of sp³-hybridized carbons (Fsp3) is 0. The molecule has 0 unspecified atom stereocenters. The number of hydrogen-bond acceptors (Lipinski definition) is 0. The average molecular weight is 607 g/mol. The smallest absolute Gasteiger partial charge is 0.00206 e. The van der Waals surface area contributed by atoms with Crippen LogP contribution in [0, 0.1) is 0 Å². The van der Waals surface area contributed by atoms with E-state index in [1.807, 2.05) is 0 Å². The van der Waals surface area contributed by atoms with E-state index in [0.717, 1.165) is 0 Å². The fourth-order valence-corrected chi connectivity index (χ4v) is 7.77. The first-order valence-electron chi connectivity index (χ1n) is 16.7. The van der Waals surface area contributed by atoms with Gasteiger partial charge in [0.25, 0.3) is 0 Å². The van der Waals surface area contributed by atoms with Crippen molar-refractivity contribution in [1.82, 2.24) is 0 Å². The largest absolute Gasteiger partial charge is 0.0616 e. The van der Waals surface area contributed by atoms with Gasteiger partial charge in [-0.1, -0.05) is 146 Å². The van der Waals surface area contributed by atoms with Crippen LogP contribution in [0.15, 0.2) is 182 Å². The molecule has 222 valence electrons. The predicted octanol–water partition coefficient (Wildman–Crippen LogP) is 13.6. The minimum atomic E-state index is 1.23. The highest BCUT2D eigenvalue weighted by atomic mass is 14.2. The number of benzene rings is 10. The van der Waals surface area contributed by atoms with Crippen molar-refractivity contribution in [3.8, 4) is 33.4 Å². The third-order valence-corrected chi connectivity index (χ3v) is 10.2. The Morgan fingerprint density at radius 1 is 0.208 bits per heavy atom. The highest BCUT2D eigenvalue weighted by molar-refractivity contribution is 6.25. The molecule has 0 fully saturated rings. The Hall–Kier alpha value is -6.24. The van der Waals surface area contributed by atoms with Gasteiger partial charge in [-0.2, -0.15) is 0 Å². The zero-order chi connectivity index (χ0) is 31.6. The van der Waals surface area contributed by atoms with Crippen molar-refractivity contribution in [2.75, 3.05) is 0 Å². The predicted molar refractivity (Wildman–Crippen MR) is 208 cm³/mol. The van der Waals surface area contributed by atoms with E-state index in [-0.39, 0.29) is 0 Å². The summed E-state index contributed by atoms with van der Waals surface area (Å²) in [5.41, 5.74) is 7.47. The zero-order valence-electron chi connectivity index (χ0n) is 26.3. The van der Waals surface area contributed by atoms with E-state index in [1.54, 1.807) is 0 Å². The summed E-state index contributed by atoms with van der Waals surface area (Å²) in [5, 5.41) is 15.3. The monoisotopic (exact) mass is 606 g/mol. The van der Waals surface area contributed by atoms with Gasteiger partial charge in [0.1, 0.15) is 0 Å². The van der Waals surface area contributed by atoms with Crippen LogP contribution in [0.25, 0.3) is 98.0 Å². The Morgan fingerprint density at radius 2 is 0.625 bits per heavy atom. The molecule has 0 amide bonds. The number of rotatable bonds is 3. The molecule has 0 heteroatoms. The van der Waals surface area contributed by atoms with Crippen molar-refractivity contribution in [1.29, 1.82) is 0 Å². The maximum Gasteiger partial charge on any atom is -0.00206 e. The van der Waals surface area contributed by atoms with Crippen LogP contribution in [0.4, 0.5) is 0 Å². The van der Waals surface area contributed by atoms with Gasteiger partial charge < -0.3 is 0 Å². The average Bonchev–Trinajstić information content (AvgIpc) is 3.16. The highest BCUT2D eigenvalue weighted by Gasteiger charge is 2.15. The van der Waals surface area contributed by atoms with Crippen LogP contribution in [0.1, 0.15) is 0 Å². The topological polar surface area (TPSA) is 0 Å². The van der Waals surface area contributed by atoms with E-state index >= 15 is 0 Å². The Balaban J connectivity index is 1.16. The van der Waals surface area contributed by atoms with Crippen molar-refractivity contribution >= 4 is 64.6 Å². The van der Waals surface area contributed by atoms with Gasteiger partial charge >= 0.3 is 0 Å². The molecule has 0 radical (unpaired) electrons. The third kappa shape index (κ3) is 4.31. The van der Waals surface area contributed by atoms with Crippen molar-refractivity contribution in [3.63, 3.8) is 0 Å². The number of fused-ring (bicyclic) bond motifs is 8. The summed E-state index contributed by atoms with van der Waals surface area (Å²) < 4.78 is 0. The number of hydrogen-bond donors (Lipinski definition) is 0. The summed E-state index contributed by atoms with van der Waals surface area (Å²) in [6.45, 7) is 0. The molecular weight excluding hydrogens is 577 g/mol. The molecule has 0 aliphatic heterocycles. The van der Waals surface area contributed by atoms with Gasteiger partial charge in [0.2, 0.25) is 0 Å². The van der Waals surface area contributed by atoms with Crippen LogP contribution in [0.5, 0.6) is 0 Å². The van der Waals surface area contributed by atoms with E-state index in [4.69, 9.17) is 0 Å². The van der Waals surface area contributed by atoms with E-state index in [2.05, 4.69) is 182 Å². The van der Waals surface area contributed by atoms with E-state index in [9.17, 15) is 0 Å². The van der Waals surface area contributed by atoms with Gasteiger partial charge in [-0.25, -0.2) is 0 Å². The summed E-state index contributed by atoms with van der Waals surface area (Å²) in [4.78, 5) is 0. The molecule has 10 aromatic carbocycles. The first-order valence-corrected chi connectivity index (χ1v) is 16.7. The molecule has 0 aliphatic carbocycles. The van der Waals surface area contributed by atoms with Crippen LogP contribution in [-0.2, 0) is 0 Å². The van der Waals surface area contributed by atoms with Crippen molar-refractivity contribution in [3.05, 3.63) is 182 Å². The van der Waals surface area contributed by atoms with Crippen molar-refractivity contribution in [2.24, 2.45) is 0 Å². The highest BCUT2D eigenvalue weighted by Crippen LogP contribution is 2.43. The summed E-state index contributed by atoms with van der Waals surface area (Å²) in [6.07, 6.45) is 0. The second-order valence-electron chi connectivity index (χ2n) is 12.9.